The van der Waals surface area contributed by atoms with E-state index in [-0.39, 0.29) is 29.9 Å². The monoisotopic (exact) mass is 743 g/mol. The number of hydrogen-bond acceptors (Lipinski definition) is 9. The standard InChI is InChI=1S/C39H40F3N7O5/c1-38(2,37(54)45-30-11-8-26(39(40,41)42)14-32(30)48-20-24-4-3-5-25(24)21-48)44-17-22(16-43)6-7-23-18-47(19-23)27-9-10-28-29(15-27)36(53)49(35(28)52)31-12-13-33(50)46-34(31)51/h8-11,14-17,23-25,31,43-44H,3-5,12-13,18-21H2,1-2H3,(H,45,54)(H,46,50,51)/b22-17-,43-16?. The first-order valence-corrected chi connectivity index (χ1v) is 18.0. The molecule has 4 fully saturated rings. The third-order valence-electron chi connectivity index (χ3n) is 11.0. The summed E-state index contributed by atoms with van der Waals surface area (Å²) in [4.78, 5) is 68.5. The molecule has 0 bridgehead atoms. The first-order valence-electron chi connectivity index (χ1n) is 18.0. The van der Waals surface area contributed by atoms with Crippen LogP contribution in [0.3, 0.4) is 0 Å². The van der Waals surface area contributed by atoms with E-state index in [1.54, 1.807) is 32.0 Å². The number of carbonyl (C=O) groups is 5. The number of rotatable bonds is 8. The Bertz CT molecular complexity index is 2030. The number of piperidine rings is 1. The number of imide groups is 2. The van der Waals surface area contributed by atoms with E-state index in [9.17, 15) is 37.1 Å². The second-order valence-corrected chi connectivity index (χ2v) is 15.1. The number of anilines is 3. The predicted molar refractivity (Wildman–Crippen MR) is 194 cm³/mol. The van der Waals surface area contributed by atoms with Gasteiger partial charge in [0.15, 0.2) is 0 Å². The summed E-state index contributed by atoms with van der Waals surface area (Å²) in [5.74, 6) is 4.15. The lowest BCUT2D eigenvalue weighted by atomic mass is 9.98. The average molecular weight is 744 g/mol. The molecule has 5 amide bonds. The maximum atomic E-state index is 13.7. The van der Waals surface area contributed by atoms with Crippen LogP contribution in [0, 0.1) is 35.0 Å². The molecule has 0 spiro atoms. The van der Waals surface area contributed by atoms with Crippen LogP contribution in [-0.2, 0) is 20.6 Å². The van der Waals surface area contributed by atoms with Gasteiger partial charge in [-0.05, 0) is 81.3 Å². The van der Waals surface area contributed by atoms with Crippen LogP contribution in [-0.4, -0.2) is 78.4 Å². The summed E-state index contributed by atoms with van der Waals surface area (Å²) >= 11 is 0. The van der Waals surface area contributed by atoms with Crippen molar-refractivity contribution >= 4 is 52.8 Å². The van der Waals surface area contributed by atoms with Crippen molar-refractivity contribution in [3.8, 4) is 11.8 Å². The molecule has 0 radical (unpaired) electrons. The second-order valence-electron chi connectivity index (χ2n) is 15.1. The van der Waals surface area contributed by atoms with E-state index in [2.05, 4.69) is 27.8 Å². The van der Waals surface area contributed by atoms with Gasteiger partial charge < -0.3 is 25.8 Å². The molecule has 4 heterocycles. The number of nitrogens with one attached hydrogen (secondary N) is 4. The fourth-order valence-corrected chi connectivity index (χ4v) is 7.84. The third-order valence-corrected chi connectivity index (χ3v) is 11.0. The zero-order valence-corrected chi connectivity index (χ0v) is 29.8. The van der Waals surface area contributed by atoms with Gasteiger partial charge in [0.25, 0.3) is 11.8 Å². The van der Waals surface area contributed by atoms with Crippen molar-refractivity contribution in [3.05, 3.63) is 64.9 Å². The third kappa shape index (κ3) is 7.04. The Morgan fingerprint density at radius 1 is 0.926 bits per heavy atom. The lowest BCUT2D eigenvalue weighted by Crippen LogP contribution is -2.54. The van der Waals surface area contributed by atoms with E-state index in [1.807, 2.05) is 9.80 Å². The molecule has 4 N–H and O–H groups in total. The quantitative estimate of drug-likeness (QED) is 0.177. The van der Waals surface area contributed by atoms with Crippen molar-refractivity contribution in [2.75, 3.05) is 41.3 Å². The van der Waals surface area contributed by atoms with E-state index in [4.69, 9.17) is 5.41 Å². The van der Waals surface area contributed by atoms with Gasteiger partial charge in [0.2, 0.25) is 17.7 Å². The molecule has 282 valence electrons. The van der Waals surface area contributed by atoms with Gasteiger partial charge in [-0.25, -0.2) is 0 Å². The lowest BCUT2D eigenvalue weighted by Gasteiger charge is -2.38. The summed E-state index contributed by atoms with van der Waals surface area (Å²) in [6, 6.07) is 7.26. The lowest BCUT2D eigenvalue weighted by molar-refractivity contribution is -0.138. The minimum atomic E-state index is -4.52. The van der Waals surface area contributed by atoms with E-state index >= 15 is 0 Å². The second kappa shape index (κ2) is 14.0. The highest BCUT2D eigenvalue weighted by atomic mass is 19.4. The van der Waals surface area contributed by atoms with E-state index in [0.717, 1.165) is 42.5 Å². The molecule has 0 aromatic heterocycles. The van der Waals surface area contributed by atoms with Crippen molar-refractivity contribution in [2.24, 2.45) is 17.8 Å². The first kappa shape index (κ1) is 36.7. The summed E-state index contributed by atoms with van der Waals surface area (Å²) in [6.45, 7) is 5.59. The van der Waals surface area contributed by atoms with Crippen LogP contribution < -0.4 is 25.8 Å². The number of alkyl halides is 3. The molecule has 12 nitrogen and oxygen atoms in total. The Kier molecular flexibility index (Phi) is 9.49. The minimum Gasteiger partial charge on any atom is -0.377 e. The smallest absolute Gasteiger partial charge is 0.377 e. The molecular weight excluding hydrogens is 703 g/mol. The number of halogens is 3. The Morgan fingerprint density at radius 3 is 2.30 bits per heavy atom. The fraction of sp³-hybridized carbons (Fsp3) is 0.436. The number of carbonyl (C=O) groups excluding carboxylic acids is 5. The number of nitrogens with zero attached hydrogens (tertiary/aromatic N) is 3. The molecule has 7 rings (SSSR count). The van der Waals surface area contributed by atoms with Crippen molar-refractivity contribution < 1.29 is 37.1 Å². The van der Waals surface area contributed by atoms with Crippen molar-refractivity contribution in [1.29, 1.82) is 5.41 Å². The van der Waals surface area contributed by atoms with Gasteiger partial charge in [-0.2, -0.15) is 13.2 Å². The van der Waals surface area contributed by atoms with E-state index < -0.39 is 52.9 Å². The molecule has 4 aliphatic heterocycles. The molecule has 54 heavy (non-hydrogen) atoms. The van der Waals surface area contributed by atoms with Gasteiger partial charge in [0, 0.05) is 50.7 Å². The van der Waals surface area contributed by atoms with Crippen LogP contribution in [0.15, 0.2) is 48.2 Å². The van der Waals surface area contributed by atoms with Crippen molar-refractivity contribution in [2.45, 2.75) is 63.7 Å². The Hall–Kier alpha value is -5.65. The van der Waals surface area contributed by atoms with Crippen molar-refractivity contribution in [3.63, 3.8) is 0 Å². The van der Waals surface area contributed by atoms with Crippen LogP contribution in [0.2, 0.25) is 0 Å². The topological polar surface area (TPSA) is 155 Å². The summed E-state index contributed by atoms with van der Waals surface area (Å²) in [5.41, 5.74) is 0.0784. The predicted octanol–water partition coefficient (Wildman–Crippen LogP) is 4.32. The van der Waals surface area contributed by atoms with Gasteiger partial charge in [0.05, 0.1) is 39.6 Å². The molecule has 2 aromatic carbocycles. The molecule has 3 atom stereocenters. The Balaban J connectivity index is 0.966. The van der Waals surface area contributed by atoms with E-state index in [1.165, 1.54) is 12.3 Å². The molecule has 3 saturated heterocycles. The van der Waals surface area contributed by atoms with Crippen LogP contribution in [0.1, 0.15) is 72.2 Å². The Morgan fingerprint density at radius 2 is 1.63 bits per heavy atom. The molecule has 1 aliphatic carbocycles. The van der Waals surface area contributed by atoms with Crippen LogP contribution in [0.5, 0.6) is 0 Å². The highest BCUT2D eigenvalue weighted by molar-refractivity contribution is 6.23. The maximum absolute atomic E-state index is 13.7. The number of allylic oxidation sites excluding steroid dienone is 1. The molecule has 3 unspecified atom stereocenters. The molecule has 15 heteroatoms. The Labute approximate surface area is 310 Å². The highest BCUT2D eigenvalue weighted by Crippen LogP contribution is 2.43. The van der Waals surface area contributed by atoms with Crippen LogP contribution in [0.4, 0.5) is 30.2 Å². The van der Waals surface area contributed by atoms with E-state index in [0.29, 0.717) is 60.7 Å². The van der Waals surface area contributed by atoms with Crippen molar-refractivity contribution in [1.82, 2.24) is 15.5 Å². The van der Waals surface area contributed by atoms with Gasteiger partial charge in [-0.3, -0.25) is 34.2 Å². The molecule has 2 aromatic rings. The van der Waals surface area contributed by atoms with Gasteiger partial charge >= 0.3 is 6.18 Å². The first-order chi connectivity index (χ1) is 25.6. The maximum Gasteiger partial charge on any atom is 0.416 e. The van der Waals surface area contributed by atoms with Gasteiger partial charge in [-0.15, -0.1) is 0 Å². The fourth-order valence-electron chi connectivity index (χ4n) is 7.84. The molecular formula is C39H40F3N7O5. The number of hydrogen-bond donors (Lipinski definition) is 4. The molecule has 1 saturated carbocycles. The van der Waals surface area contributed by atoms with Gasteiger partial charge in [0.1, 0.15) is 11.6 Å². The van der Waals surface area contributed by atoms with Crippen LogP contribution in [0.25, 0.3) is 0 Å². The highest BCUT2D eigenvalue weighted by Gasteiger charge is 2.45. The summed E-state index contributed by atoms with van der Waals surface area (Å²) in [6.07, 6.45) is 1.34. The molecule has 5 aliphatic rings. The SMILES string of the molecule is CC(C)(N/C=C(/C#CC1CN(c2ccc3c(c2)C(=O)N(C2CCC(=O)NC2=O)C3=O)C1)C=N)C(=O)Nc1ccc(C(F)(F)F)cc1N1CC2CCCC2C1. The number of fused-ring (bicyclic) bond motifs is 2. The zero-order valence-electron chi connectivity index (χ0n) is 29.8. The average Bonchev–Trinajstić information content (AvgIpc) is 3.78. The number of benzene rings is 2. The summed E-state index contributed by atoms with van der Waals surface area (Å²) in [5, 5.41) is 15.9. The normalized spacial score (nSPS) is 23.0. The largest absolute Gasteiger partial charge is 0.416 e. The minimum absolute atomic E-state index is 0.0372. The van der Waals surface area contributed by atoms with Gasteiger partial charge in [-0.1, -0.05) is 18.3 Å². The zero-order chi connectivity index (χ0) is 38.5. The van der Waals surface area contributed by atoms with Crippen LogP contribution >= 0.6 is 0 Å². The number of amides is 5. The summed E-state index contributed by atoms with van der Waals surface area (Å²) in [7, 11) is 0. The summed E-state index contributed by atoms with van der Waals surface area (Å²) < 4.78 is 41.0.